The van der Waals surface area contributed by atoms with Crippen molar-refractivity contribution in [3.8, 4) is 5.75 Å². The minimum absolute atomic E-state index is 0.0983. The molecule has 108 valence electrons. The maximum absolute atomic E-state index is 6.36. The van der Waals surface area contributed by atoms with Crippen molar-refractivity contribution in [3.63, 3.8) is 0 Å². The third-order valence-electron chi connectivity index (χ3n) is 3.23. The molecular weight excluding hydrogens is 258 g/mol. The Labute approximate surface area is 122 Å². The van der Waals surface area contributed by atoms with Crippen LogP contribution < -0.4 is 10.5 Å². The highest BCUT2D eigenvalue weighted by Crippen LogP contribution is 2.37. The summed E-state index contributed by atoms with van der Waals surface area (Å²) < 4.78 is 6.00. The lowest BCUT2D eigenvalue weighted by Crippen LogP contribution is -2.20. The Hall–Kier alpha value is -0.730. The van der Waals surface area contributed by atoms with E-state index in [1.54, 1.807) is 0 Å². The SMILES string of the molecule is CCCOc1c(C(C)C)cc(Cl)c(C)c1CC(C)N. The molecule has 2 N–H and O–H groups in total. The molecule has 1 aromatic carbocycles. The number of ether oxygens (including phenoxy) is 1. The molecule has 2 nitrogen and oxygen atoms in total. The molecule has 0 amide bonds. The molecule has 0 bridgehead atoms. The van der Waals surface area contributed by atoms with Crippen molar-refractivity contribution in [3.05, 3.63) is 27.8 Å². The number of rotatable bonds is 6. The smallest absolute Gasteiger partial charge is 0.126 e. The molecule has 0 radical (unpaired) electrons. The fourth-order valence-corrected chi connectivity index (χ4v) is 2.40. The van der Waals surface area contributed by atoms with Gasteiger partial charge in [0.25, 0.3) is 0 Å². The van der Waals surface area contributed by atoms with Gasteiger partial charge in [-0.2, -0.15) is 0 Å². The third kappa shape index (κ3) is 4.12. The first-order chi connectivity index (χ1) is 8.88. The summed E-state index contributed by atoms with van der Waals surface area (Å²) in [6.07, 6.45) is 1.79. The van der Waals surface area contributed by atoms with E-state index >= 15 is 0 Å². The Morgan fingerprint density at radius 2 is 1.95 bits per heavy atom. The van der Waals surface area contributed by atoms with Crippen LogP contribution >= 0.6 is 11.6 Å². The minimum Gasteiger partial charge on any atom is -0.493 e. The molecule has 0 fully saturated rings. The summed E-state index contributed by atoms with van der Waals surface area (Å²) in [5.74, 6) is 1.38. The Morgan fingerprint density at radius 3 is 2.42 bits per heavy atom. The fourth-order valence-electron chi connectivity index (χ4n) is 2.17. The van der Waals surface area contributed by atoms with Crippen LogP contribution in [0.15, 0.2) is 6.07 Å². The summed E-state index contributed by atoms with van der Waals surface area (Å²) in [6, 6.07) is 2.14. The molecule has 0 aliphatic rings. The van der Waals surface area contributed by atoms with Crippen LogP contribution in [-0.2, 0) is 6.42 Å². The maximum Gasteiger partial charge on any atom is 0.126 e. The van der Waals surface area contributed by atoms with Gasteiger partial charge in [0, 0.05) is 16.6 Å². The van der Waals surface area contributed by atoms with E-state index in [9.17, 15) is 0 Å². The number of hydrogen-bond donors (Lipinski definition) is 1. The van der Waals surface area contributed by atoms with Gasteiger partial charge in [-0.15, -0.1) is 0 Å². The molecular formula is C16H26ClNO. The van der Waals surface area contributed by atoms with E-state index in [4.69, 9.17) is 22.1 Å². The lowest BCUT2D eigenvalue weighted by Gasteiger charge is -2.22. The maximum atomic E-state index is 6.36. The average Bonchev–Trinajstić information content (AvgIpc) is 2.32. The lowest BCUT2D eigenvalue weighted by atomic mass is 9.93. The monoisotopic (exact) mass is 283 g/mol. The summed E-state index contributed by atoms with van der Waals surface area (Å²) in [5.41, 5.74) is 9.41. The summed E-state index contributed by atoms with van der Waals surface area (Å²) >= 11 is 6.36. The molecule has 19 heavy (non-hydrogen) atoms. The first-order valence-corrected chi connectivity index (χ1v) is 7.46. The van der Waals surface area contributed by atoms with Gasteiger partial charge in [-0.25, -0.2) is 0 Å². The van der Waals surface area contributed by atoms with E-state index < -0.39 is 0 Å². The van der Waals surface area contributed by atoms with Crippen molar-refractivity contribution in [1.29, 1.82) is 0 Å². The molecule has 0 heterocycles. The van der Waals surface area contributed by atoms with Crippen molar-refractivity contribution in [2.24, 2.45) is 5.73 Å². The third-order valence-corrected chi connectivity index (χ3v) is 3.62. The molecule has 0 saturated carbocycles. The zero-order valence-electron chi connectivity index (χ0n) is 12.7. The number of hydrogen-bond acceptors (Lipinski definition) is 2. The van der Waals surface area contributed by atoms with E-state index in [-0.39, 0.29) is 6.04 Å². The summed E-state index contributed by atoms with van der Waals surface area (Å²) in [4.78, 5) is 0. The second-order valence-corrected chi connectivity index (χ2v) is 5.97. The topological polar surface area (TPSA) is 35.2 Å². The van der Waals surface area contributed by atoms with E-state index in [0.29, 0.717) is 5.92 Å². The van der Waals surface area contributed by atoms with Crippen LogP contribution in [0.3, 0.4) is 0 Å². The highest BCUT2D eigenvalue weighted by Gasteiger charge is 2.18. The van der Waals surface area contributed by atoms with Gasteiger partial charge < -0.3 is 10.5 Å². The Morgan fingerprint density at radius 1 is 1.32 bits per heavy atom. The Bertz CT molecular complexity index is 427. The second kappa shape index (κ2) is 7.16. The van der Waals surface area contributed by atoms with Crippen molar-refractivity contribution in [2.45, 2.75) is 59.4 Å². The molecule has 1 atom stereocenters. The van der Waals surface area contributed by atoms with Gasteiger partial charge in [0.2, 0.25) is 0 Å². The first kappa shape index (κ1) is 16.3. The number of benzene rings is 1. The molecule has 0 aromatic heterocycles. The van der Waals surface area contributed by atoms with E-state index in [1.165, 1.54) is 11.1 Å². The number of nitrogens with two attached hydrogens (primary N) is 1. The first-order valence-electron chi connectivity index (χ1n) is 7.08. The standard InChI is InChI=1S/C16H26ClNO/c1-6-7-19-16-13(10(2)3)9-15(17)12(5)14(16)8-11(4)18/h9-11H,6-8,18H2,1-5H3. The van der Waals surface area contributed by atoms with Crippen molar-refractivity contribution in [2.75, 3.05) is 6.61 Å². The van der Waals surface area contributed by atoms with Crippen LogP contribution in [0.5, 0.6) is 5.75 Å². The second-order valence-electron chi connectivity index (χ2n) is 5.56. The van der Waals surface area contributed by atoms with Crippen LogP contribution in [0, 0.1) is 6.92 Å². The van der Waals surface area contributed by atoms with Crippen molar-refractivity contribution < 1.29 is 4.74 Å². The fraction of sp³-hybridized carbons (Fsp3) is 0.625. The van der Waals surface area contributed by atoms with Crippen molar-refractivity contribution >= 4 is 11.6 Å². The van der Waals surface area contributed by atoms with Crippen LogP contribution in [0.1, 0.15) is 56.7 Å². The quantitative estimate of drug-likeness (QED) is 0.837. The molecule has 0 saturated heterocycles. The minimum atomic E-state index is 0.0983. The van der Waals surface area contributed by atoms with Gasteiger partial charge in [0.15, 0.2) is 0 Å². The predicted molar refractivity (Wildman–Crippen MR) is 83.4 cm³/mol. The van der Waals surface area contributed by atoms with Crippen LogP contribution in [0.25, 0.3) is 0 Å². The van der Waals surface area contributed by atoms with E-state index in [1.807, 2.05) is 19.9 Å². The zero-order chi connectivity index (χ0) is 14.6. The largest absolute Gasteiger partial charge is 0.493 e. The van der Waals surface area contributed by atoms with Gasteiger partial charge in [-0.05, 0) is 49.8 Å². The number of halogens is 1. The Kier molecular flexibility index (Phi) is 6.15. The normalized spacial score (nSPS) is 12.8. The molecule has 1 aromatic rings. The van der Waals surface area contributed by atoms with Gasteiger partial charge in [-0.1, -0.05) is 32.4 Å². The summed E-state index contributed by atoms with van der Waals surface area (Å²) in [7, 11) is 0. The Balaban J connectivity index is 3.35. The molecule has 0 aliphatic carbocycles. The highest BCUT2D eigenvalue weighted by molar-refractivity contribution is 6.31. The lowest BCUT2D eigenvalue weighted by molar-refractivity contribution is 0.309. The van der Waals surface area contributed by atoms with Crippen molar-refractivity contribution in [1.82, 2.24) is 0 Å². The van der Waals surface area contributed by atoms with Gasteiger partial charge in [0.05, 0.1) is 6.61 Å². The van der Waals surface area contributed by atoms with E-state index in [0.717, 1.165) is 35.8 Å². The highest BCUT2D eigenvalue weighted by atomic mass is 35.5. The van der Waals surface area contributed by atoms with Gasteiger partial charge in [-0.3, -0.25) is 0 Å². The molecule has 1 rings (SSSR count). The molecule has 1 unspecified atom stereocenters. The molecule has 0 spiro atoms. The van der Waals surface area contributed by atoms with E-state index in [2.05, 4.69) is 20.8 Å². The molecule has 3 heteroatoms. The van der Waals surface area contributed by atoms with Gasteiger partial charge >= 0.3 is 0 Å². The van der Waals surface area contributed by atoms with Crippen LogP contribution in [-0.4, -0.2) is 12.6 Å². The van der Waals surface area contributed by atoms with Crippen LogP contribution in [0.4, 0.5) is 0 Å². The average molecular weight is 284 g/mol. The summed E-state index contributed by atoms with van der Waals surface area (Å²) in [6.45, 7) is 11.2. The molecule has 0 aliphatic heterocycles. The zero-order valence-corrected chi connectivity index (χ0v) is 13.5. The predicted octanol–water partition coefficient (Wildman–Crippen LogP) is 4.45. The van der Waals surface area contributed by atoms with Crippen LogP contribution in [0.2, 0.25) is 5.02 Å². The summed E-state index contributed by atoms with van der Waals surface area (Å²) in [5, 5.41) is 0.809. The van der Waals surface area contributed by atoms with Gasteiger partial charge in [0.1, 0.15) is 5.75 Å².